The van der Waals surface area contributed by atoms with E-state index in [9.17, 15) is 9.59 Å². The van der Waals surface area contributed by atoms with Gasteiger partial charge in [0, 0.05) is 17.5 Å². The van der Waals surface area contributed by atoms with E-state index < -0.39 is 0 Å². The Morgan fingerprint density at radius 2 is 2.06 bits per heavy atom. The molecule has 0 radical (unpaired) electrons. The summed E-state index contributed by atoms with van der Waals surface area (Å²) < 4.78 is 0. The van der Waals surface area contributed by atoms with E-state index in [2.05, 4.69) is 0 Å². The van der Waals surface area contributed by atoms with Crippen molar-refractivity contribution in [3.63, 3.8) is 0 Å². The van der Waals surface area contributed by atoms with Crippen LogP contribution in [0, 0.1) is 0 Å². The lowest BCUT2D eigenvalue weighted by Crippen LogP contribution is -2.41. The highest BCUT2D eigenvalue weighted by molar-refractivity contribution is 7.98. The van der Waals surface area contributed by atoms with Crippen LogP contribution in [0.3, 0.4) is 0 Å². The second kappa shape index (κ2) is 5.02. The molecule has 2 amide bonds. The molecule has 1 heterocycles. The van der Waals surface area contributed by atoms with E-state index in [1.807, 2.05) is 13.2 Å². The molecule has 96 valence electrons. The van der Waals surface area contributed by atoms with Gasteiger partial charge in [0.25, 0.3) is 11.8 Å². The Morgan fingerprint density at radius 1 is 1.33 bits per heavy atom. The Bertz CT molecular complexity index is 502. The number of carbonyl (C=O) groups is 2. The first kappa shape index (κ1) is 13.0. The molecule has 1 aliphatic rings. The van der Waals surface area contributed by atoms with Crippen molar-refractivity contribution in [2.75, 3.05) is 17.7 Å². The summed E-state index contributed by atoms with van der Waals surface area (Å²) in [7, 11) is 0. The first-order valence-corrected chi connectivity index (χ1v) is 7.26. The highest BCUT2D eigenvalue weighted by Gasteiger charge is 2.40. The van der Waals surface area contributed by atoms with Crippen LogP contribution in [0.25, 0.3) is 0 Å². The Labute approximate surface area is 111 Å². The van der Waals surface area contributed by atoms with Gasteiger partial charge in [0.15, 0.2) is 0 Å². The van der Waals surface area contributed by atoms with Crippen molar-refractivity contribution in [1.82, 2.24) is 4.90 Å². The van der Waals surface area contributed by atoms with Crippen molar-refractivity contribution in [2.24, 2.45) is 0 Å². The van der Waals surface area contributed by atoms with Crippen molar-refractivity contribution in [3.05, 3.63) is 29.3 Å². The SMILES string of the molecule is CCC(CSC)N1C(=O)c2cccc(N)c2C1=O. The number of nitrogens with zero attached hydrogens (tertiary/aromatic N) is 1. The number of nitrogen functional groups attached to an aromatic ring is 1. The van der Waals surface area contributed by atoms with Crippen LogP contribution in [-0.4, -0.2) is 34.8 Å². The molecule has 5 heteroatoms. The molecule has 1 aromatic carbocycles. The van der Waals surface area contributed by atoms with Crippen molar-refractivity contribution < 1.29 is 9.59 Å². The van der Waals surface area contributed by atoms with E-state index in [0.717, 1.165) is 12.2 Å². The molecule has 1 aromatic rings. The van der Waals surface area contributed by atoms with Crippen LogP contribution in [-0.2, 0) is 0 Å². The summed E-state index contributed by atoms with van der Waals surface area (Å²) >= 11 is 1.63. The topological polar surface area (TPSA) is 63.4 Å². The van der Waals surface area contributed by atoms with Crippen molar-refractivity contribution in [2.45, 2.75) is 19.4 Å². The van der Waals surface area contributed by atoms with Crippen LogP contribution in [0.4, 0.5) is 5.69 Å². The summed E-state index contributed by atoms with van der Waals surface area (Å²) in [5, 5.41) is 0. The van der Waals surface area contributed by atoms with Crippen molar-refractivity contribution >= 4 is 29.3 Å². The third-order valence-corrected chi connectivity index (χ3v) is 3.89. The number of fused-ring (bicyclic) bond motifs is 1. The molecule has 0 aliphatic carbocycles. The standard InChI is InChI=1S/C13H16N2O2S/c1-3-8(7-18-2)15-12(16)9-5-4-6-10(14)11(9)13(15)17/h4-6,8H,3,7,14H2,1-2H3. The quantitative estimate of drug-likeness (QED) is 0.667. The Kier molecular flexibility index (Phi) is 3.61. The number of hydrogen-bond acceptors (Lipinski definition) is 4. The Hall–Kier alpha value is -1.49. The molecule has 0 spiro atoms. The van der Waals surface area contributed by atoms with Gasteiger partial charge in [-0.05, 0) is 24.8 Å². The number of amides is 2. The molecule has 18 heavy (non-hydrogen) atoms. The van der Waals surface area contributed by atoms with Crippen LogP contribution >= 0.6 is 11.8 Å². The summed E-state index contributed by atoms with van der Waals surface area (Å²) in [6.45, 7) is 1.98. The first-order valence-electron chi connectivity index (χ1n) is 5.87. The Balaban J connectivity index is 2.42. The van der Waals surface area contributed by atoms with Gasteiger partial charge in [0.2, 0.25) is 0 Å². The zero-order valence-corrected chi connectivity index (χ0v) is 11.3. The number of anilines is 1. The van der Waals surface area contributed by atoms with E-state index >= 15 is 0 Å². The third-order valence-electron chi connectivity index (χ3n) is 3.17. The zero-order valence-electron chi connectivity index (χ0n) is 10.5. The molecule has 0 saturated carbocycles. The molecular formula is C13H16N2O2S. The molecule has 2 rings (SSSR count). The summed E-state index contributed by atoms with van der Waals surface area (Å²) in [6, 6.07) is 4.96. The highest BCUT2D eigenvalue weighted by atomic mass is 32.2. The number of nitrogens with two attached hydrogens (primary N) is 1. The second-order valence-electron chi connectivity index (χ2n) is 4.27. The minimum atomic E-state index is -0.256. The molecule has 0 saturated heterocycles. The summed E-state index contributed by atoms with van der Waals surface area (Å²) in [5.74, 6) is 0.277. The van der Waals surface area contributed by atoms with Crippen LogP contribution in [0.15, 0.2) is 18.2 Å². The fourth-order valence-electron chi connectivity index (χ4n) is 2.23. The average molecular weight is 264 g/mol. The average Bonchev–Trinajstić information content (AvgIpc) is 2.61. The monoisotopic (exact) mass is 264 g/mol. The van der Waals surface area contributed by atoms with E-state index in [0.29, 0.717) is 16.8 Å². The first-order chi connectivity index (χ1) is 8.61. The molecule has 4 nitrogen and oxygen atoms in total. The molecule has 1 atom stereocenters. The fourth-order valence-corrected chi connectivity index (χ4v) is 3.00. The summed E-state index contributed by atoms with van der Waals surface area (Å²) in [5.41, 5.74) is 6.97. The normalized spacial score (nSPS) is 16.0. The molecular weight excluding hydrogens is 248 g/mol. The number of hydrogen-bond donors (Lipinski definition) is 1. The van der Waals surface area contributed by atoms with Gasteiger partial charge in [-0.15, -0.1) is 0 Å². The molecule has 2 N–H and O–H groups in total. The van der Waals surface area contributed by atoms with E-state index in [1.54, 1.807) is 30.0 Å². The molecule has 0 bridgehead atoms. The van der Waals surface area contributed by atoms with Crippen LogP contribution < -0.4 is 5.73 Å². The van der Waals surface area contributed by atoms with E-state index in [-0.39, 0.29) is 17.9 Å². The van der Waals surface area contributed by atoms with Crippen LogP contribution in [0.5, 0.6) is 0 Å². The maximum atomic E-state index is 12.3. The van der Waals surface area contributed by atoms with Crippen LogP contribution in [0.1, 0.15) is 34.1 Å². The highest BCUT2D eigenvalue weighted by Crippen LogP contribution is 2.30. The summed E-state index contributed by atoms with van der Waals surface area (Å²) in [6.07, 6.45) is 2.72. The lowest BCUT2D eigenvalue weighted by Gasteiger charge is -2.24. The van der Waals surface area contributed by atoms with Crippen molar-refractivity contribution in [3.8, 4) is 0 Å². The van der Waals surface area contributed by atoms with E-state index in [4.69, 9.17) is 5.73 Å². The van der Waals surface area contributed by atoms with Gasteiger partial charge in [-0.2, -0.15) is 11.8 Å². The van der Waals surface area contributed by atoms with E-state index in [1.165, 1.54) is 4.90 Å². The number of imide groups is 1. The maximum absolute atomic E-state index is 12.3. The number of benzene rings is 1. The van der Waals surface area contributed by atoms with Gasteiger partial charge < -0.3 is 5.73 Å². The molecule has 0 fully saturated rings. The van der Waals surface area contributed by atoms with Gasteiger partial charge in [0.05, 0.1) is 11.1 Å². The van der Waals surface area contributed by atoms with Gasteiger partial charge in [-0.1, -0.05) is 13.0 Å². The van der Waals surface area contributed by atoms with Crippen molar-refractivity contribution in [1.29, 1.82) is 0 Å². The minimum Gasteiger partial charge on any atom is -0.398 e. The lowest BCUT2D eigenvalue weighted by atomic mass is 10.1. The van der Waals surface area contributed by atoms with Gasteiger partial charge in [-0.25, -0.2) is 0 Å². The van der Waals surface area contributed by atoms with Crippen LogP contribution in [0.2, 0.25) is 0 Å². The lowest BCUT2D eigenvalue weighted by molar-refractivity contribution is 0.0597. The smallest absolute Gasteiger partial charge is 0.263 e. The Morgan fingerprint density at radius 3 is 2.61 bits per heavy atom. The predicted molar refractivity (Wildman–Crippen MR) is 73.8 cm³/mol. The van der Waals surface area contributed by atoms with Gasteiger partial charge in [0.1, 0.15) is 0 Å². The molecule has 0 aromatic heterocycles. The number of rotatable bonds is 4. The third kappa shape index (κ3) is 1.88. The number of thioether (sulfide) groups is 1. The minimum absolute atomic E-state index is 0.0631. The molecule has 1 aliphatic heterocycles. The van der Waals surface area contributed by atoms with Gasteiger partial charge in [-0.3, -0.25) is 14.5 Å². The number of carbonyl (C=O) groups excluding carboxylic acids is 2. The second-order valence-corrected chi connectivity index (χ2v) is 5.18. The maximum Gasteiger partial charge on any atom is 0.263 e. The van der Waals surface area contributed by atoms with Gasteiger partial charge >= 0.3 is 0 Å². The fraction of sp³-hybridized carbons (Fsp3) is 0.385. The zero-order chi connectivity index (χ0) is 13.3. The molecule has 1 unspecified atom stereocenters. The predicted octanol–water partition coefficient (Wildman–Crippen LogP) is 2.01. The largest absolute Gasteiger partial charge is 0.398 e. The summed E-state index contributed by atoms with van der Waals surface area (Å²) in [4.78, 5) is 26.0.